The molecular weight excluding hydrogens is 358 g/mol. The van der Waals surface area contributed by atoms with Gasteiger partial charge in [-0.15, -0.1) is 0 Å². The SMILES string of the molecule is O=C(CCNCCc1ccc(Cl)cc1)N1CCN(Cc2ccccc2)CC1. The first kappa shape index (κ1) is 19.9. The molecule has 1 saturated heterocycles. The quantitative estimate of drug-likeness (QED) is 0.709. The highest BCUT2D eigenvalue weighted by Crippen LogP contribution is 2.10. The molecule has 0 aromatic heterocycles. The van der Waals surface area contributed by atoms with Crippen molar-refractivity contribution < 1.29 is 4.79 Å². The van der Waals surface area contributed by atoms with Crippen LogP contribution in [0.4, 0.5) is 0 Å². The zero-order valence-corrected chi connectivity index (χ0v) is 16.5. The number of rotatable bonds is 8. The molecule has 0 spiro atoms. The largest absolute Gasteiger partial charge is 0.340 e. The second-order valence-corrected chi connectivity index (χ2v) is 7.46. The van der Waals surface area contributed by atoms with Gasteiger partial charge in [-0.3, -0.25) is 9.69 Å². The summed E-state index contributed by atoms with van der Waals surface area (Å²) in [6.45, 7) is 6.13. The number of piperazine rings is 1. The molecule has 1 fully saturated rings. The highest BCUT2D eigenvalue weighted by molar-refractivity contribution is 6.30. The van der Waals surface area contributed by atoms with Crippen molar-refractivity contribution in [1.29, 1.82) is 0 Å². The van der Waals surface area contributed by atoms with Crippen molar-refractivity contribution in [1.82, 2.24) is 15.1 Å². The van der Waals surface area contributed by atoms with Gasteiger partial charge in [-0.2, -0.15) is 0 Å². The first-order chi connectivity index (χ1) is 13.2. The Hall–Kier alpha value is -1.88. The molecule has 0 bridgehead atoms. The summed E-state index contributed by atoms with van der Waals surface area (Å²) >= 11 is 5.89. The van der Waals surface area contributed by atoms with E-state index < -0.39 is 0 Å². The molecule has 0 saturated carbocycles. The van der Waals surface area contributed by atoms with Crippen molar-refractivity contribution in [3.05, 3.63) is 70.7 Å². The van der Waals surface area contributed by atoms with Gasteiger partial charge in [-0.25, -0.2) is 0 Å². The molecule has 1 aliphatic heterocycles. The van der Waals surface area contributed by atoms with Gasteiger partial charge in [0.2, 0.25) is 5.91 Å². The van der Waals surface area contributed by atoms with Gasteiger partial charge in [0.1, 0.15) is 0 Å². The number of hydrogen-bond acceptors (Lipinski definition) is 3. The lowest BCUT2D eigenvalue weighted by Gasteiger charge is -2.34. The summed E-state index contributed by atoms with van der Waals surface area (Å²) in [5.41, 5.74) is 2.59. The van der Waals surface area contributed by atoms with Crippen molar-refractivity contribution in [2.24, 2.45) is 0 Å². The second kappa shape index (κ2) is 10.5. The van der Waals surface area contributed by atoms with Crippen LogP contribution in [-0.2, 0) is 17.8 Å². The second-order valence-electron chi connectivity index (χ2n) is 7.02. The molecule has 1 N–H and O–H groups in total. The van der Waals surface area contributed by atoms with Crippen LogP contribution in [0.25, 0.3) is 0 Å². The van der Waals surface area contributed by atoms with Crippen LogP contribution in [0.5, 0.6) is 0 Å². The molecule has 0 unspecified atom stereocenters. The Balaban J connectivity index is 1.28. The van der Waals surface area contributed by atoms with E-state index in [-0.39, 0.29) is 5.91 Å². The number of amides is 1. The lowest BCUT2D eigenvalue weighted by molar-refractivity contribution is -0.132. The fraction of sp³-hybridized carbons (Fsp3) is 0.409. The summed E-state index contributed by atoms with van der Waals surface area (Å²) in [7, 11) is 0. The number of nitrogens with zero attached hydrogens (tertiary/aromatic N) is 2. The summed E-state index contributed by atoms with van der Waals surface area (Å²) in [6, 6.07) is 18.4. The van der Waals surface area contributed by atoms with Gasteiger partial charge in [0.25, 0.3) is 0 Å². The highest BCUT2D eigenvalue weighted by atomic mass is 35.5. The fourth-order valence-electron chi connectivity index (χ4n) is 3.36. The van der Waals surface area contributed by atoms with E-state index in [1.807, 2.05) is 35.2 Å². The topological polar surface area (TPSA) is 35.6 Å². The predicted molar refractivity (Wildman–Crippen MR) is 111 cm³/mol. The molecule has 144 valence electrons. The summed E-state index contributed by atoms with van der Waals surface area (Å²) in [5.74, 6) is 0.258. The Kier molecular flexibility index (Phi) is 7.69. The van der Waals surface area contributed by atoms with Crippen molar-refractivity contribution in [2.75, 3.05) is 39.3 Å². The van der Waals surface area contributed by atoms with Gasteiger partial charge < -0.3 is 10.2 Å². The monoisotopic (exact) mass is 385 g/mol. The summed E-state index contributed by atoms with van der Waals surface area (Å²) in [4.78, 5) is 16.8. The number of hydrogen-bond donors (Lipinski definition) is 1. The van der Waals surface area contributed by atoms with E-state index in [1.54, 1.807) is 0 Å². The lowest BCUT2D eigenvalue weighted by Crippen LogP contribution is -2.48. The number of halogens is 1. The molecule has 1 amide bonds. The molecule has 3 rings (SSSR count). The Morgan fingerprint density at radius 3 is 2.30 bits per heavy atom. The molecule has 1 heterocycles. The van der Waals surface area contributed by atoms with Gasteiger partial charge in [0.15, 0.2) is 0 Å². The van der Waals surface area contributed by atoms with E-state index in [0.717, 1.165) is 57.3 Å². The van der Waals surface area contributed by atoms with Crippen LogP contribution in [-0.4, -0.2) is 55.0 Å². The average Bonchev–Trinajstić information content (AvgIpc) is 2.70. The van der Waals surface area contributed by atoms with E-state index >= 15 is 0 Å². The molecule has 0 atom stereocenters. The molecule has 5 heteroatoms. The van der Waals surface area contributed by atoms with Crippen LogP contribution in [0.2, 0.25) is 5.02 Å². The molecule has 0 aliphatic carbocycles. The zero-order chi connectivity index (χ0) is 18.9. The number of carbonyl (C=O) groups is 1. The van der Waals surface area contributed by atoms with E-state index in [4.69, 9.17) is 11.6 Å². The Labute approximate surface area is 167 Å². The summed E-state index contributed by atoms with van der Waals surface area (Å²) < 4.78 is 0. The fourth-order valence-corrected chi connectivity index (χ4v) is 3.49. The first-order valence-electron chi connectivity index (χ1n) is 9.70. The number of benzene rings is 2. The van der Waals surface area contributed by atoms with Crippen LogP contribution in [0.3, 0.4) is 0 Å². The summed E-state index contributed by atoms with van der Waals surface area (Å²) in [6.07, 6.45) is 1.52. The van der Waals surface area contributed by atoms with Gasteiger partial charge in [0.05, 0.1) is 0 Å². The number of nitrogens with one attached hydrogen (secondary N) is 1. The highest BCUT2D eigenvalue weighted by Gasteiger charge is 2.20. The van der Waals surface area contributed by atoms with Gasteiger partial charge in [-0.05, 0) is 36.2 Å². The van der Waals surface area contributed by atoms with Crippen LogP contribution < -0.4 is 5.32 Å². The normalized spacial score (nSPS) is 15.1. The molecular formula is C22H28ClN3O. The van der Waals surface area contributed by atoms with E-state index in [0.29, 0.717) is 6.42 Å². The lowest BCUT2D eigenvalue weighted by atomic mass is 10.1. The number of carbonyl (C=O) groups excluding carboxylic acids is 1. The third-order valence-electron chi connectivity index (χ3n) is 4.99. The van der Waals surface area contributed by atoms with Gasteiger partial charge >= 0.3 is 0 Å². The van der Waals surface area contributed by atoms with E-state index in [9.17, 15) is 4.79 Å². The van der Waals surface area contributed by atoms with Crippen LogP contribution in [0.1, 0.15) is 17.5 Å². The molecule has 4 nitrogen and oxygen atoms in total. The van der Waals surface area contributed by atoms with Crippen LogP contribution in [0.15, 0.2) is 54.6 Å². The van der Waals surface area contributed by atoms with Gasteiger partial charge in [-0.1, -0.05) is 54.1 Å². The third kappa shape index (κ3) is 6.65. The molecule has 2 aromatic carbocycles. The van der Waals surface area contributed by atoms with Crippen molar-refractivity contribution >= 4 is 17.5 Å². The maximum Gasteiger partial charge on any atom is 0.223 e. The predicted octanol–water partition coefficient (Wildman–Crippen LogP) is 3.21. The minimum Gasteiger partial charge on any atom is -0.340 e. The zero-order valence-electron chi connectivity index (χ0n) is 15.7. The maximum atomic E-state index is 12.4. The molecule has 1 aliphatic rings. The minimum absolute atomic E-state index is 0.258. The van der Waals surface area contributed by atoms with Crippen LogP contribution in [0, 0.1) is 0 Å². The van der Waals surface area contributed by atoms with Crippen molar-refractivity contribution in [3.8, 4) is 0 Å². The average molecular weight is 386 g/mol. The maximum absolute atomic E-state index is 12.4. The summed E-state index contributed by atoms with van der Waals surface area (Å²) in [5, 5.41) is 4.13. The Morgan fingerprint density at radius 1 is 0.889 bits per heavy atom. The van der Waals surface area contributed by atoms with E-state index in [2.05, 4.69) is 34.5 Å². The molecule has 27 heavy (non-hydrogen) atoms. The van der Waals surface area contributed by atoms with Crippen molar-refractivity contribution in [2.45, 2.75) is 19.4 Å². The minimum atomic E-state index is 0.258. The first-order valence-corrected chi connectivity index (χ1v) is 10.1. The molecule has 0 radical (unpaired) electrons. The standard InChI is InChI=1S/C22H28ClN3O/c23-21-8-6-19(7-9-21)10-12-24-13-11-22(27)26-16-14-25(15-17-26)18-20-4-2-1-3-5-20/h1-9,24H,10-18H2. The third-order valence-corrected chi connectivity index (χ3v) is 5.25. The Morgan fingerprint density at radius 2 is 1.59 bits per heavy atom. The van der Waals surface area contributed by atoms with E-state index in [1.165, 1.54) is 11.1 Å². The van der Waals surface area contributed by atoms with Gasteiger partial charge in [0, 0.05) is 50.7 Å². The molecule has 2 aromatic rings. The smallest absolute Gasteiger partial charge is 0.223 e. The van der Waals surface area contributed by atoms with Crippen LogP contribution >= 0.6 is 11.6 Å². The van der Waals surface area contributed by atoms with Crippen molar-refractivity contribution in [3.63, 3.8) is 0 Å². The Bertz CT molecular complexity index is 697.